The first-order valence-electron chi connectivity index (χ1n) is 8.00. The Balaban J connectivity index is 1.67. The number of allylic oxidation sites excluding steroid dienone is 3. The van der Waals surface area contributed by atoms with Crippen LogP contribution in [-0.4, -0.2) is 12.5 Å². The fourth-order valence-corrected chi connectivity index (χ4v) is 5.11. The molecule has 0 aromatic carbocycles. The van der Waals surface area contributed by atoms with E-state index >= 15 is 0 Å². The van der Waals surface area contributed by atoms with Gasteiger partial charge in [0.1, 0.15) is 0 Å². The lowest BCUT2D eigenvalue weighted by Crippen LogP contribution is -2.32. The normalized spacial score (nSPS) is 41.2. The molecule has 3 aliphatic carbocycles. The van der Waals surface area contributed by atoms with Gasteiger partial charge >= 0.3 is 0 Å². The Morgan fingerprint density at radius 2 is 1.89 bits per heavy atom. The molecular weight excluding hydrogens is 234 g/mol. The molecule has 4 aliphatic rings. The van der Waals surface area contributed by atoms with Crippen LogP contribution < -0.4 is 5.32 Å². The highest BCUT2D eigenvalue weighted by Gasteiger charge is 2.42. The standard InChI is InChI=1S/C17H23NO/c19-17-10-12-5-7-15-13-3-1-2-11(13)4-6-16(15)14(12)8-9-18-17/h5,7,11,13-14,16H,1-4,6,8-10H2,(H,18,19). The summed E-state index contributed by atoms with van der Waals surface area (Å²) in [7, 11) is 0. The molecule has 0 aromatic rings. The van der Waals surface area contributed by atoms with Crippen molar-refractivity contribution >= 4 is 5.91 Å². The van der Waals surface area contributed by atoms with Crippen LogP contribution in [0.15, 0.2) is 23.3 Å². The summed E-state index contributed by atoms with van der Waals surface area (Å²) in [6.45, 7) is 0.874. The molecule has 4 atom stereocenters. The first kappa shape index (κ1) is 11.7. The number of rotatable bonds is 0. The number of amides is 1. The second kappa shape index (κ2) is 4.50. The third-order valence-electron chi connectivity index (χ3n) is 5.96. The Bertz CT molecular complexity index is 462. The van der Waals surface area contributed by atoms with E-state index in [9.17, 15) is 4.79 Å². The minimum atomic E-state index is 0.222. The van der Waals surface area contributed by atoms with Gasteiger partial charge in [0.25, 0.3) is 0 Å². The van der Waals surface area contributed by atoms with Crippen molar-refractivity contribution in [2.24, 2.45) is 23.7 Å². The molecule has 1 heterocycles. The number of hydrogen-bond donors (Lipinski definition) is 1. The highest BCUT2D eigenvalue weighted by Crippen LogP contribution is 2.53. The first-order valence-corrected chi connectivity index (χ1v) is 8.00. The minimum Gasteiger partial charge on any atom is -0.356 e. The lowest BCUT2D eigenvalue weighted by Gasteiger charge is -2.41. The lowest BCUT2D eigenvalue weighted by atomic mass is 9.63. The monoisotopic (exact) mass is 257 g/mol. The van der Waals surface area contributed by atoms with Crippen molar-refractivity contribution in [1.29, 1.82) is 0 Å². The van der Waals surface area contributed by atoms with Crippen LogP contribution in [0, 0.1) is 23.7 Å². The van der Waals surface area contributed by atoms with Crippen molar-refractivity contribution in [1.82, 2.24) is 5.32 Å². The van der Waals surface area contributed by atoms with Gasteiger partial charge in [-0.15, -0.1) is 0 Å². The van der Waals surface area contributed by atoms with Gasteiger partial charge in [-0.1, -0.05) is 29.7 Å². The zero-order chi connectivity index (χ0) is 12.8. The zero-order valence-corrected chi connectivity index (χ0v) is 11.5. The van der Waals surface area contributed by atoms with Gasteiger partial charge < -0.3 is 5.32 Å². The van der Waals surface area contributed by atoms with Crippen molar-refractivity contribution in [3.8, 4) is 0 Å². The quantitative estimate of drug-likeness (QED) is 0.709. The molecule has 102 valence electrons. The van der Waals surface area contributed by atoms with Gasteiger partial charge in [-0.25, -0.2) is 0 Å². The molecule has 1 amide bonds. The van der Waals surface area contributed by atoms with E-state index in [4.69, 9.17) is 0 Å². The van der Waals surface area contributed by atoms with Gasteiger partial charge in [-0.2, -0.15) is 0 Å². The van der Waals surface area contributed by atoms with Crippen LogP contribution in [0.4, 0.5) is 0 Å². The Hall–Kier alpha value is -1.05. The molecule has 3 fully saturated rings. The van der Waals surface area contributed by atoms with Gasteiger partial charge in [0.05, 0.1) is 0 Å². The second-order valence-electron chi connectivity index (χ2n) is 6.81. The van der Waals surface area contributed by atoms with Crippen LogP contribution in [-0.2, 0) is 4.79 Å². The molecule has 0 radical (unpaired) electrons. The van der Waals surface area contributed by atoms with Crippen LogP contribution in [0.25, 0.3) is 0 Å². The maximum Gasteiger partial charge on any atom is 0.224 e. The summed E-state index contributed by atoms with van der Waals surface area (Å²) in [6.07, 6.45) is 13.6. The van der Waals surface area contributed by atoms with E-state index in [-0.39, 0.29) is 5.91 Å². The van der Waals surface area contributed by atoms with E-state index in [0.717, 1.165) is 30.7 Å². The van der Waals surface area contributed by atoms with E-state index in [1.54, 1.807) is 5.57 Å². The minimum absolute atomic E-state index is 0.222. The largest absolute Gasteiger partial charge is 0.356 e. The fraction of sp³-hybridized carbons (Fsp3) is 0.706. The van der Waals surface area contributed by atoms with Gasteiger partial charge in [-0.3, -0.25) is 4.79 Å². The van der Waals surface area contributed by atoms with E-state index in [0.29, 0.717) is 12.3 Å². The summed E-state index contributed by atoms with van der Waals surface area (Å²) in [5, 5.41) is 3.04. The Morgan fingerprint density at radius 3 is 2.84 bits per heavy atom. The molecule has 4 unspecified atom stereocenters. The molecule has 2 nitrogen and oxygen atoms in total. The van der Waals surface area contributed by atoms with E-state index in [1.165, 1.54) is 37.7 Å². The van der Waals surface area contributed by atoms with Crippen LogP contribution in [0.2, 0.25) is 0 Å². The Morgan fingerprint density at radius 1 is 0.947 bits per heavy atom. The van der Waals surface area contributed by atoms with E-state index in [2.05, 4.69) is 17.5 Å². The summed E-state index contributed by atoms with van der Waals surface area (Å²) in [6, 6.07) is 0. The molecule has 4 rings (SSSR count). The van der Waals surface area contributed by atoms with Crippen molar-refractivity contribution in [3.63, 3.8) is 0 Å². The van der Waals surface area contributed by atoms with Crippen LogP contribution >= 0.6 is 0 Å². The molecule has 2 saturated carbocycles. The van der Waals surface area contributed by atoms with Crippen molar-refractivity contribution < 1.29 is 4.79 Å². The lowest BCUT2D eigenvalue weighted by molar-refractivity contribution is -0.120. The summed E-state index contributed by atoms with van der Waals surface area (Å²) in [5.41, 5.74) is 3.15. The molecule has 1 N–H and O–H groups in total. The Kier molecular flexibility index (Phi) is 2.78. The number of hydrogen-bond acceptors (Lipinski definition) is 1. The average Bonchev–Trinajstić information content (AvgIpc) is 2.80. The summed E-state index contributed by atoms with van der Waals surface area (Å²) < 4.78 is 0. The fourth-order valence-electron chi connectivity index (χ4n) is 5.11. The van der Waals surface area contributed by atoms with Gasteiger partial charge in [0.2, 0.25) is 5.91 Å². The van der Waals surface area contributed by atoms with Gasteiger partial charge in [0, 0.05) is 13.0 Å². The Labute approximate surface area is 115 Å². The second-order valence-corrected chi connectivity index (χ2v) is 6.81. The topological polar surface area (TPSA) is 29.1 Å². The SMILES string of the molecule is O=C1CC2=CC=C3C4CCCC4CCC3C2CCN1. The van der Waals surface area contributed by atoms with Crippen LogP contribution in [0.5, 0.6) is 0 Å². The number of carbonyl (C=O) groups excluding carboxylic acids is 1. The average molecular weight is 257 g/mol. The first-order chi connectivity index (χ1) is 9.33. The summed E-state index contributed by atoms with van der Waals surface area (Å²) in [5.74, 6) is 3.49. The van der Waals surface area contributed by atoms with Gasteiger partial charge in [-0.05, 0) is 55.8 Å². The maximum atomic E-state index is 11.7. The predicted molar refractivity (Wildman–Crippen MR) is 75.5 cm³/mol. The summed E-state index contributed by atoms with van der Waals surface area (Å²) >= 11 is 0. The smallest absolute Gasteiger partial charge is 0.224 e. The highest BCUT2D eigenvalue weighted by molar-refractivity contribution is 5.79. The molecule has 0 aromatic heterocycles. The van der Waals surface area contributed by atoms with Crippen LogP contribution in [0.3, 0.4) is 0 Å². The maximum absolute atomic E-state index is 11.7. The molecule has 1 aliphatic heterocycles. The number of carbonyl (C=O) groups is 1. The van der Waals surface area contributed by atoms with Crippen molar-refractivity contribution in [2.75, 3.05) is 6.54 Å². The number of nitrogens with one attached hydrogen (secondary N) is 1. The molecule has 0 bridgehead atoms. The highest BCUT2D eigenvalue weighted by atomic mass is 16.1. The molecule has 1 saturated heterocycles. The third-order valence-corrected chi connectivity index (χ3v) is 5.96. The molecule has 2 heteroatoms. The number of fused-ring (bicyclic) bond motifs is 5. The third kappa shape index (κ3) is 1.87. The van der Waals surface area contributed by atoms with Crippen molar-refractivity contribution in [3.05, 3.63) is 23.3 Å². The zero-order valence-electron chi connectivity index (χ0n) is 11.5. The van der Waals surface area contributed by atoms with E-state index < -0.39 is 0 Å². The summed E-state index contributed by atoms with van der Waals surface area (Å²) in [4.78, 5) is 11.7. The predicted octanol–water partition coefficient (Wildman–Crippen LogP) is 3.21. The van der Waals surface area contributed by atoms with Crippen molar-refractivity contribution in [2.45, 2.75) is 44.9 Å². The molecular formula is C17H23NO. The molecule has 19 heavy (non-hydrogen) atoms. The van der Waals surface area contributed by atoms with E-state index in [1.807, 2.05) is 0 Å². The van der Waals surface area contributed by atoms with Gasteiger partial charge in [0.15, 0.2) is 0 Å². The van der Waals surface area contributed by atoms with Crippen LogP contribution in [0.1, 0.15) is 44.9 Å². The molecule has 0 spiro atoms.